The van der Waals surface area contributed by atoms with Gasteiger partial charge in [0.1, 0.15) is 0 Å². The average molecular weight is 234 g/mol. The van der Waals surface area contributed by atoms with Crippen molar-refractivity contribution >= 4 is 23.7 Å². The van der Waals surface area contributed by atoms with Gasteiger partial charge in [0.15, 0.2) is 0 Å². The molecule has 5 heteroatoms. The van der Waals surface area contributed by atoms with Gasteiger partial charge in [-0.25, -0.2) is 0 Å². The fraction of sp³-hybridized carbons (Fsp3) is 0.667. The van der Waals surface area contributed by atoms with Crippen LogP contribution >= 0.6 is 23.7 Å². The van der Waals surface area contributed by atoms with Crippen molar-refractivity contribution in [3.8, 4) is 0 Å². The zero-order chi connectivity index (χ0) is 9.10. The molecule has 1 aliphatic heterocycles. The molecule has 0 spiro atoms. The molecule has 1 aromatic rings. The molecule has 2 heterocycles. The number of nitrogens with two attached hydrogens (primary N) is 1. The fourth-order valence-corrected chi connectivity index (χ4v) is 2.51. The van der Waals surface area contributed by atoms with E-state index in [1.807, 2.05) is 11.7 Å². The maximum absolute atomic E-state index is 5.70. The van der Waals surface area contributed by atoms with Crippen LogP contribution < -0.4 is 5.73 Å². The van der Waals surface area contributed by atoms with Crippen LogP contribution in [-0.4, -0.2) is 29.0 Å². The first-order valence-corrected chi connectivity index (χ1v) is 5.59. The van der Waals surface area contributed by atoms with E-state index in [1.165, 1.54) is 24.3 Å². The Morgan fingerprint density at radius 1 is 1.64 bits per heavy atom. The lowest BCUT2D eigenvalue weighted by Gasteiger charge is -2.21. The van der Waals surface area contributed by atoms with Gasteiger partial charge in [0.05, 0.1) is 5.51 Å². The van der Waals surface area contributed by atoms with E-state index in [9.17, 15) is 0 Å². The summed E-state index contributed by atoms with van der Waals surface area (Å²) in [6.07, 6.45) is 4.51. The molecule has 1 unspecified atom stereocenters. The molecular weight excluding hydrogens is 218 g/mol. The Balaban J connectivity index is 0.000000980. The van der Waals surface area contributed by atoms with Gasteiger partial charge in [-0.2, -0.15) is 0 Å². The first kappa shape index (κ1) is 11.9. The van der Waals surface area contributed by atoms with Crippen molar-refractivity contribution in [2.24, 2.45) is 5.73 Å². The smallest absolute Gasteiger partial charge is 0.0794 e. The summed E-state index contributed by atoms with van der Waals surface area (Å²) in [7, 11) is 0. The zero-order valence-electron chi connectivity index (χ0n) is 8.06. The van der Waals surface area contributed by atoms with E-state index in [0.717, 1.165) is 13.1 Å². The van der Waals surface area contributed by atoms with Gasteiger partial charge in [-0.3, -0.25) is 9.88 Å². The number of rotatable bonds is 3. The lowest BCUT2D eigenvalue weighted by molar-refractivity contribution is 0.252. The summed E-state index contributed by atoms with van der Waals surface area (Å²) in [5.74, 6) is 0. The van der Waals surface area contributed by atoms with Crippen molar-refractivity contribution in [1.29, 1.82) is 0 Å². The fourth-order valence-electron chi connectivity index (χ4n) is 1.89. The van der Waals surface area contributed by atoms with Gasteiger partial charge in [-0.1, -0.05) is 0 Å². The maximum atomic E-state index is 5.70. The monoisotopic (exact) mass is 233 g/mol. The van der Waals surface area contributed by atoms with Crippen LogP contribution in [-0.2, 0) is 6.54 Å². The normalized spacial score (nSPS) is 22.2. The lowest BCUT2D eigenvalue weighted by Crippen LogP contribution is -2.34. The van der Waals surface area contributed by atoms with Crippen LogP contribution in [0.3, 0.4) is 0 Å². The highest BCUT2D eigenvalue weighted by molar-refractivity contribution is 7.09. The quantitative estimate of drug-likeness (QED) is 0.860. The van der Waals surface area contributed by atoms with Crippen LogP contribution in [0, 0.1) is 0 Å². The zero-order valence-corrected chi connectivity index (χ0v) is 9.69. The second-order valence-electron chi connectivity index (χ2n) is 3.47. The highest BCUT2D eigenvalue weighted by Crippen LogP contribution is 2.20. The summed E-state index contributed by atoms with van der Waals surface area (Å²) >= 11 is 1.73. The van der Waals surface area contributed by atoms with Gasteiger partial charge >= 0.3 is 0 Å². The Morgan fingerprint density at radius 3 is 3.14 bits per heavy atom. The molecule has 0 aliphatic carbocycles. The molecule has 1 saturated heterocycles. The topological polar surface area (TPSA) is 42.1 Å². The lowest BCUT2D eigenvalue weighted by atomic mass is 10.2. The largest absolute Gasteiger partial charge is 0.329 e. The number of nitrogens with zero attached hydrogens (tertiary/aromatic N) is 2. The van der Waals surface area contributed by atoms with Gasteiger partial charge in [0.25, 0.3) is 0 Å². The maximum Gasteiger partial charge on any atom is 0.0794 e. The highest BCUT2D eigenvalue weighted by Gasteiger charge is 2.22. The van der Waals surface area contributed by atoms with E-state index in [-0.39, 0.29) is 12.4 Å². The van der Waals surface area contributed by atoms with Gasteiger partial charge in [0, 0.05) is 30.2 Å². The Bertz CT molecular complexity index is 253. The summed E-state index contributed by atoms with van der Waals surface area (Å²) in [5.41, 5.74) is 7.59. The first-order chi connectivity index (χ1) is 6.40. The number of aromatic nitrogens is 1. The predicted molar refractivity (Wildman–Crippen MR) is 61.8 cm³/mol. The van der Waals surface area contributed by atoms with Crippen LogP contribution in [0.25, 0.3) is 0 Å². The van der Waals surface area contributed by atoms with E-state index >= 15 is 0 Å². The number of likely N-dealkylation sites (tertiary alicyclic amines) is 1. The van der Waals surface area contributed by atoms with Crippen LogP contribution in [0.4, 0.5) is 0 Å². The predicted octanol–water partition coefficient (Wildman–Crippen LogP) is 1.49. The Morgan fingerprint density at radius 2 is 2.50 bits per heavy atom. The molecule has 0 amide bonds. The van der Waals surface area contributed by atoms with Crippen molar-refractivity contribution in [3.05, 3.63) is 16.6 Å². The Kier molecular flexibility index (Phi) is 4.81. The number of hydrogen-bond donors (Lipinski definition) is 1. The minimum absolute atomic E-state index is 0. The van der Waals surface area contributed by atoms with E-state index in [4.69, 9.17) is 5.73 Å². The molecule has 0 bridgehead atoms. The van der Waals surface area contributed by atoms with Crippen molar-refractivity contribution in [1.82, 2.24) is 9.88 Å². The summed E-state index contributed by atoms with van der Waals surface area (Å²) in [6, 6.07) is 0.599. The summed E-state index contributed by atoms with van der Waals surface area (Å²) in [4.78, 5) is 7.89. The van der Waals surface area contributed by atoms with Gasteiger partial charge in [0.2, 0.25) is 0 Å². The summed E-state index contributed by atoms with van der Waals surface area (Å²) < 4.78 is 0. The molecule has 0 aromatic carbocycles. The third kappa shape index (κ3) is 2.67. The first-order valence-electron chi connectivity index (χ1n) is 4.71. The highest BCUT2D eigenvalue weighted by atomic mass is 35.5. The van der Waals surface area contributed by atoms with E-state index in [1.54, 1.807) is 11.3 Å². The second kappa shape index (κ2) is 5.66. The standard InChI is InChI=1S/C9H15N3S.ClH/c10-4-8-2-1-3-12(8)6-9-5-11-7-13-9;/h5,7-8H,1-4,6,10H2;1H. The third-order valence-corrected chi connectivity index (χ3v) is 3.38. The average Bonchev–Trinajstić information content (AvgIpc) is 2.76. The van der Waals surface area contributed by atoms with Crippen LogP contribution in [0.2, 0.25) is 0 Å². The van der Waals surface area contributed by atoms with E-state index in [0.29, 0.717) is 6.04 Å². The van der Waals surface area contributed by atoms with E-state index in [2.05, 4.69) is 9.88 Å². The van der Waals surface area contributed by atoms with Crippen molar-refractivity contribution < 1.29 is 0 Å². The number of thiazole rings is 1. The minimum atomic E-state index is 0. The number of hydrogen-bond acceptors (Lipinski definition) is 4. The van der Waals surface area contributed by atoms with Gasteiger partial charge in [-0.15, -0.1) is 23.7 Å². The molecule has 3 nitrogen and oxygen atoms in total. The van der Waals surface area contributed by atoms with Gasteiger partial charge in [-0.05, 0) is 19.4 Å². The Hall–Kier alpha value is -0.160. The van der Waals surface area contributed by atoms with Crippen LogP contribution in [0.15, 0.2) is 11.7 Å². The molecule has 0 saturated carbocycles. The molecular formula is C9H16ClN3S. The summed E-state index contributed by atoms with van der Waals surface area (Å²) in [5, 5.41) is 0. The third-order valence-electron chi connectivity index (χ3n) is 2.61. The molecule has 80 valence electrons. The Labute approximate surface area is 94.7 Å². The van der Waals surface area contributed by atoms with Gasteiger partial charge < -0.3 is 5.73 Å². The molecule has 1 atom stereocenters. The SMILES string of the molecule is Cl.NCC1CCCN1Cc1cncs1. The molecule has 0 radical (unpaired) electrons. The molecule has 1 aliphatic rings. The minimum Gasteiger partial charge on any atom is -0.329 e. The second-order valence-corrected chi connectivity index (χ2v) is 4.44. The van der Waals surface area contributed by atoms with Crippen molar-refractivity contribution in [2.45, 2.75) is 25.4 Å². The van der Waals surface area contributed by atoms with Crippen LogP contribution in [0.5, 0.6) is 0 Å². The molecule has 1 fully saturated rings. The molecule has 2 rings (SSSR count). The van der Waals surface area contributed by atoms with Crippen molar-refractivity contribution in [2.75, 3.05) is 13.1 Å². The molecule has 1 aromatic heterocycles. The molecule has 14 heavy (non-hydrogen) atoms. The van der Waals surface area contributed by atoms with E-state index < -0.39 is 0 Å². The molecule has 2 N–H and O–H groups in total. The van der Waals surface area contributed by atoms with Crippen LogP contribution in [0.1, 0.15) is 17.7 Å². The number of halogens is 1. The van der Waals surface area contributed by atoms with Crippen molar-refractivity contribution in [3.63, 3.8) is 0 Å². The summed E-state index contributed by atoms with van der Waals surface area (Å²) in [6.45, 7) is 3.02.